The van der Waals surface area contributed by atoms with Gasteiger partial charge in [-0.1, -0.05) is 13.3 Å². The Morgan fingerprint density at radius 1 is 0.803 bits per heavy atom. The molecule has 322 valence electrons. The van der Waals surface area contributed by atoms with Crippen LogP contribution in [0.15, 0.2) is 30.3 Å². The monoisotopic (exact) mass is 836 g/mol. The molecule has 1 aliphatic rings. The van der Waals surface area contributed by atoms with E-state index < -0.39 is 11.8 Å². The lowest BCUT2D eigenvalue weighted by Gasteiger charge is -2.18. The zero-order chi connectivity index (χ0) is 43.4. The predicted octanol–water partition coefficient (Wildman–Crippen LogP) is 4.75. The van der Waals surface area contributed by atoms with E-state index >= 15 is 0 Å². The number of methoxy groups -OCH3 is 1. The van der Waals surface area contributed by atoms with Crippen LogP contribution in [-0.2, 0) is 37.3 Å². The number of imidazole rings is 2. The smallest absolute Gasteiger partial charge is 0.276 e. The minimum absolute atomic E-state index is 0.250. The number of ether oxygens (including phenoxy) is 3. The first kappa shape index (κ1) is 42.4. The molecule has 61 heavy (non-hydrogen) atoms. The van der Waals surface area contributed by atoms with Crippen LogP contribution in [0.2, 0.25) is 0 Å². The summed E-state index contributed by atoms with van der Waals surface area (Å²) in [6, 6.07) is 8.14. The van der Waals surface area contributed by atoms with Crippen LogP contribution in [0.4, 0.5) is 11.9 Å². The Morgan fingerprint density at radius 3 is 2.25 bits per heavy atom. The lowest BCUT2D eigenvalue weighted by atomic mass is 10.0. The number of nitrogens with two attached hydrogens (primary N) is 2. The maximum Gasteiger partial charge on any atom is 0.276 e. The van der Waals surface area contributed by atoms with Gasteiger partial charge >= 0.3 is 0 Å². The Bertz CT molecular complexity index is 2640. The van der Waals surface area contributed by atoms with Crippen molar-refractivity contribution in [3.63, 3.8) is 0 Å². The first-order chi connectivity index (χ1) is 29.4. The molecular weight excluding hydrogens is 785 g/mol. The molecule has 2 aromatic carbocycles. The number of nitrogens with one attached hydrogen (secondary N) is 2. The molecule has 0 atom stereocenters. The summed E-state index contributed by atoms with van der Waals surface area (Å²) in [7, 11) is 1.62. The van der Waals surface area contributed by atoms with Crippen LogP contribution in [0.25, 0.3) is 22.1 Å². The number of aromatic nitrogens is 8. The molecule has 1 aliphatic heterocycles. The van der Waals surface area contributed by atoms with Crippen molar-refractivity contribution in [3.8, 4) is 11.5 Å². The second-order valence-electron chi connectivity index (χ2n) is 15.0. The van der Waals surface area contributed by atoms with Gasteiger partial charge in [0.15, 0.2) is 0 Å². The molecule has 19 nitrogen and oxygen atoms in total. The summed E-state index contributed by atoms with van der Waals surface area (Å²) < 4.78 is 24.2. The van der Waals surface area contributed by atoms with Crippen LogP contribution in [0.5, 0.6) is 11.5 Å². The molecule has 0 bridgehead atoms. The first-order valence-electron chi connectivity index (χ1n) is 20.6. The third-order valence-corrected chi connectivity index (χ3v) is 10.6. The van der Waals surface area contributed by atoms with Gasteiger partial charge in [-0.25, -0.2) is 9.97 Å². The van der Waals surface area contributed by atoms with E-state index in [1.165, 1.54) is 0 Å². The number of hydrogen-bond acceptors (Lipinski definition) is 11. The number of primary amides is 2. The van der Waals surface area contributed by atoms with Crippen LogP contribution < -0.4 is 31.6 Å². The summed E-state index contributed by atoms with van der Waals surface area (Å²) in [6.45, 7) is 10.9. The molecular formula is C42H52N12O7. The standard InChI is InChI=1S/C42H52N12O7/c1-6-13-51-35-29(20-26(37(43)55)22-32(35)60-17-11-16-59-5)45-41(51)47-39(57)31-19-24(3)49-54(31)14-10-8-9-12-28-25(4)50-53(7-2)34(28)40(58)48-42-46-30-21-27(38(44)56)23-33-36(30)52(42)15-18-61-33/h19-23H,6-18H2,1-5H3,(H2,43,55)(H2,44,56)(H,45,47,57)(H,46,48,58). The number of hydrogen-bond donors (Lipinski definition) is 4. The summed E-state index contributed by atoms with van der Waals surface area (Å²) in [5.74, 6) is -0.318. The highest BCUT2D eigenvalue weighted by molar-refractivity contribution is 6.06. The van der Waals surface area contributed by atoms with Crippen molar-refractivity contribution in [2.45, 2.75) is 92.4 Å². The van der Waals surface area contributed by atoms with Gasteiger partial charge in [0.25, 0.3) is 11.8 Å². The fourth-order valence-electron chi connectivity index (χ4n) is 7.81. The third-order valence-electron chi connectivity index (χ3n) is 10.6. The highest BCUT2D eigenvalue weighted by Gasteiger charge is 2.27. The molecule has 0 aliphatic carbocycles. The number of benzene rings is 2. The Balaban J connectivity index is 1.02. The fraction of sp³-hybridized carbons (Fsp3) is 0.429. The number of fused-ring (bicyclic) bond motifs is 1. The van der Waals surface area contributed by atoms with Gasteiger partial charge in [-0.2, -0.15) is 10.2 Å². The maximum atomic E-state index is 14.0. The molecule has 4 amide bonds. The average Bonchev–Trinajstić information content (AvgIpc) is 3.98. The molecule has 0 spiro atoms. The van der Waals surface area contributed by atoms with E-state index in [1.54, 1.807) is 46.8 Å². The van der Waals surface area contributed by atoms with Gasteiger partial charge < -0.3 is 34.8 Å². The summed E-state index contributed by atoms with van der Waals surface area (Å²) in [4.78, 5) is 61.4. The van der Waals surface area contributed by atoms with Crippen molar-refractivity contribution in [1.29, 1.82) is 0 Å². The zero-order valence-electron chi connectivity index (χ0n) is 35.2. The van der Waals surface area contributed by atoms with Crippen molar-refractivity contribution in [2.24, 2.45) is 11.5 Å². The number of aryl methyl sites for hydroxylation is 5. The third kappa shape index (κ3) is 8.77. The second kappa shape index (κ2) is 18.2. The van der Waals surface area contributed by atoms with Gasteiger partial charge in [0, 0.05) is 56.5 Å². The number of anilines is 2. The van der Waals surface area contributed by atoms with Crippen LogP contribution in [0, 0.1) is 13.8 Å². The van der Waals surface area contributed by atoms with Gasteiger partial charge in [0.05, 0.1) is 35.6 Å². The number of amides is 4. The summed E-state index contributed by atoms with van der Waals surface area (Å²) in [5, 5.41) is 15.3. The number of unbranched alkanes of at least 4 members (excludes halogenated alkanes) is 2. The fourth-order valence-corrected chi connectivity index (χ4v) is 7.81. The minimum Gasteiger partial charge on any atom is -0.491 e. The molecule has 0 unspecified atom stereocenters. The molecule has 6 N–H and O–H groups in total. The lowest BCUT2D eigenvalue weighted by molar-refractivity contribution is 0.0991. The number of nitrogens with zero attached hydrogens (tertiary/aromatic N) is 8. The van der Waals surface area contributed by atoms with Crippen molar-refractivity contribution in [3.05, 3.63) is 69.8 Å². The largest absolute Gasteiger partial charge is 0.491 e. The Morgan fingerprint density at radius 2 is 1.52 bits per heavy atom. The molecule has 19 heteroatoms. The first-order valence-corrected chi connectivity index (χ1v) is 20.6. The molecule has 0 radical (unpaired) electrons. The van der Waals surface area contributed by atoms with E-state index in [0.29, 0.717) is 121 Å². The number of carbonyl (C=O) groups excluding carboxylic acids is 4. The lowest BCUT2D eigenvalue weighted by Crippen LogP contribution is -2.23. The quantitative estimate of drug-likeness (QED) is 0.0765. The highest BCUT2D eigenvalue weighted by atomic mass is 16.5. The number of rotatable bonds is 20. The molecule has 5 heterocycles. The van der Waals surface area contributed by atoms with Crippen LogP contribution in [-0.4, -0.2) is 89.2 Å². The topological polar surface area (TPSA) is 243 Å². The van der Waals surface area contributed by atoms with E-state index in [-0.39, 0.29) is 22.9 Å². The average molecular weight is 837 g/mol. The highest BCUT2D eigenvalue weighted by Crippen LogP contribution is 2.34. The number of carbonyl (C=O) groups is 4. The molecule has 6 aromatic rings. The zero-order valence-corrected chi connectivity index (χ0v) is 35.2. The summed E-state index contributed by atoms with van der Waals surface area (Å²) in [6.07, 6.45) is 4.27. The van der Waals surface area contributed by atoms with Gasteiger partial charge in [0.2, 0.25) is 23.7 Å². The Kier molecular flexibility index (Phi) is 12.7. The van der Waals surface area contributed by atoms with Gasteiger partial charge in [-0.15, -0.1) is 0 Å². The van der Waals surface area contributed by atoms with Gasteiger partial charge in [0.1, 0.15) is 40.5 Å². The van der Waals surface area contributed by atoms with Gasteiger partial charge in [-0.05, 0) is 76.8 Å². The predicted molar refractivity (Wildman–Crippen MR) is 227 cm³/mol. The second-order valence-corrected chi connectivity index (χ2v) is 15.0. The van der Waals surface area contributed by atoms with Crippen LogP contribution in [0.3, 0.4) is 0 Å². The summed E-state index contributed by atoms with van der Waals surface area (Å²) in [5.41, 5.74) is 17.2. The van der Waals surface area contributed by atoms with Crippen molar-refractivity contribution in [2.75, 3.05) is 37.6 Å². The van der Waals surface area contributed by atoms with Crippen LogP contribution >= 0.6 is 0 Å². The Labute approximate surface area is 351 Å². The van der Waals surface area contributed by atoms with Crippen molar-refractivity contribution in [1.82, 2.24) is 38.7 Å². The summed E-state index contributed by atoms with van der Waals surface area (Å²) >= 11 is 0. The Hall–Kier alpha value is -6.76. The van der Waals surface area contributed by atoms with E-state index in [0.717, 1.165) is 36.9 Å². The van der Waals surface area contributed by atoms with Gasteiger partial charge in [-0.3, -0.25) is 39.2 Å². The molecule has 4 aromatic heterocycles. The molecule has 0 fully saturated rings. The van der Waals surface area contributed by atoms with E-state index in [2.05, 4.69) is 25.8 Å². The van der Waals surface area contributed by atoms with Crippen molar-refractivity contribution < 1.29 is 33.4 Å². The molecule has 0 saturated heterocycles. The maximum absolute atomic E-state index is 14.0. The minimum atomic E-state index is -0.614. The van der Waals surface area contributed by atoms with E-state index in [4.69, 9.17) is 30.7 Å². The van der Waals surface area contributed by atoms with E-state index in [9.17, 15) is 19.2 Å². The molecule has 7 rings (SSSR count). The SMILES string of the molecule is CCCn1c(NC(=O)c2cc(C)nn2CCCCCc2c(C)nn(CC)c2C(=O)Nc2nc3cc(C(N)=O)cc4c3n2CCO4)nc2cc(C(N)=O)cc(OCCCOC)c21. The van der Waals surface area contributed by atoms with Crippen LogP contribution in [0.1, 0.15) is 105 Å². The normalized spacial score (nSPS) is 12.2. The molecule has 0 saturated carbocycles. The van der Waals surface area contributed by atoms with E-state index in [1.807, 2.05) is 36.8 Å². The van der Waals surface area contributed by atoms with Crippen molar-refractivity contribution >= 4 is 57.6 Å².